The number of anilines is 1. The first-order valence-electron chi connectivity index (χ1n) is 8.32. The Bertz CT molecular complexity index is 1110. The predicted molar refractivity (Wildman–Crippen MR) is 104 cm³/mol. The lowest BCUT2D eigenvalue weighted by atomic mass is 10.0. The van der Waals surface area contributed by atoms with Gasteiger partial charge in [0.05, 0.1) is 5.56 Å². The summed E-state index contributed by atoms with van der Waals surface area (Å²) in [5.41, 5.74) is 8.40. The number of hydrogen-bond donors (Lipinski definition) is 2. The second-order valence-corrected chi connectivity index (χ2v) is 7.80. The first-order valence-corrected chi connectivity index (χ1v) is 9.73. The van der Waals surface area contributed by atoms with Crippen LogP contribution in [0.5, 0.6) is 5.75 Å². The Hall–Kier alpha value is -3.39. The predicted octanol–water partition coefficient (Wildman–Crippen LogP) is 3.03. The highest BCUT2D eigenvalue weighted by Gasteiger charge is 2.19. The van der Waals surface area contributed by atoms with Crippen LogP contribution in [0, 0.1) is 6.92 Å². The molecule has 0 aliphatic carbocycles. The van der Waals surface area contributed by atoms with Crippen LogP contribution in [0.15, 0.2) is 65.7 Å². The Balaban J connectivity index is 1.83. The third-order valence-corrected chi connectivity index (χ3v) is 5.31. The second kappa shape index (κ2) is 7.69. The van der Waals surface area contributed by atoms with Crippen molar-refractivity contribution in [3.63, 3.8) is 0 Å². The molecule has 3 rings (SSSR count). The topological polar surface area (TPSA) is 120 Å². The lowest BCUT2D eigenvalue weighted by Crippen LogP contribution is -2.12. The molecule has 1 aromatic heterocycles. The maximum atomic E-state index is 12.5. The third kappa shape index (κ3) is 4.47. The summed E-state index contributed by atoms with van der Waals surface area (Å²) in [5, 5.41) is 8.95. The van der Waals surface area contributed by atoms with Crippen LogP contribution < -0.4 is 9.92 Å². The van der Waals surface area contributed by atoms with Crippen LogP contribution in [0.3, 0.4) is 0 Å². The van der Waals surface area contributed by atoms with E-state index in [4.69, 9.17) is 15.0 Å². The van der Waals surface area contributed by atoms with Gasteiger partial charge in [0.25, 0.3) is 0 Å². The fourth-order valence-electron chi connectivity index (χ4n) is 2.53. The number of aromatic nitrogens is 1. The number of pyridine rings is 1. The van der Waals surface area contributed by atoms with Gasteiger partial charge in [-0.25, -0.2) is 9.78 Å². The fraction of sp³-hybridized carbons (Fsp3) is 0.100. The summed E-state index contributed by atoms with van der Waals surface area (Å²) in [5.74, 6) is -1.10. The molecular weight excluding hydrogens is 380 g/mol. The molecule has 0 aliphatic rings. The van der Waals surface area contributed by atoms with Crippen molar-refractivity contribution >= 4 is 21.9 Å². The molecule has 7 nitrogen and oxygen atoms in total. The zero-order valence-electron chi connectivity index (χ0n) is 15.0. The minimum Gasteiger partial charge on any atom is -0.478 e. The molecule has 2 aromatic carbocycles. The molecule has 1 heterocycles. The van der Waals surface area contributed by atoms with Crippen LogP contribution in [0.4, 0.5) is 5.82 Å². The van der Waals surface area contributed by atoms with E-state index in [9.17, 15) is 13.2 Å². The summed E-state index contributed by atoms with van der Waals surface area (Å²) in [6.45, 7) is 1.85. The average Bonchev–Trinajstić information content (AvgIpc) is 2.65. The fourth-order valence-corrected chi connectivity index (χ4v) is 3.47. The van der Waals surface area contributed by atoms with Crippen molar-refractivity contribution in [2.45, 2.75) is 18.2 Å². The van der Waals surface area contributed by atoms with E-state index in [0.717, 1.165) is 11.1 Å². The number of nitrogens with zero attached hydrogens (tertiary/aromatic N) is 1. The third-order valence-electron chi connectivity index (χ3n) is 4.06. The van der Waals surface area contributed by atoms with Crippen LogP contribution in [0.1, 0.15) is 27.0 Å². The highest BCUT2D eigenvalue weighted by Crippen LogP contribution is 2.26. The molecule has 0 saturated heterocycles. The van der Waals surface area contributed by atoms with Gasteiger partial charge in [0.2, 0.25) is 0 Å². The van der Waals surface area contributed by atoms with E-state index in [2.05, 4.69) is 4.98 Å². The molecule has 0 amide bonds. The number of nitrogen functional groups attached to an aromatic ring is 1. The maximum absolute atomic E-state index is 12.5. The number of aromatic carboxylic acids is 1. The molecule has 0 bridgehead atoms. The van der Waals surface area contributed by atoms with Gasteiger partial charge in [-0.1, -0.05) is 29.8 Å². The average molecular weight is 398 g/mol. The summed E-state index contributed by atoms with van der Waals surface area (Å²) in [7, 11) is -4.04. The zero-order chi connectivity index (χ0) is 20.3. The standard InChI is InChI=1S/C20H18N2O5S/c1-13-2-8-17(9-3-13)28(25,26)27-18-11-15(12-22-19(18)21)10-14-4-6-16(7-5-14)20(23)24/h2-9,11-12H,10H2,1H3,(H2,21,22)(H,23,24). The van der Waals surface area contributed by atoms with E-state index in [0.29, 0.717) is 12.0 Å². The van der Waals surface area contributed by atoms with Gasteiger partial charge < -0.3 is 15.0 Å². The van der Waals surface area contributed by atoms with Crippen molar-refractivity contribution in [3.8, 4) is 5.75 Å². The summed E-state index contributed by atoms with van der Waals surface area (Å²) in [6, 6.07) is 14.2. The SMILES string of the molecule is Cc1ccc(S(=O)(=O)Oc2cc(Cc3ccc(C(=O)O)cc3)cnc2N)cc1. The monoisotopic (exact) mass is 398 g/mol. The van der Waals surface area contributed by atoms with Crippen LogP contribution in [0.2, 0.25) is 0 Å². The molecule has 0 radical (unpaired) electrons. The molecule has 144 valence electrons. The van der Waals surface area contributed by atoms with Gasteiger partial charge in [-0.05, 0) is 54.8 Å². The number of hydrogen-bond acceptors (Lipinski definition) is 6. The van der Waals surface area contributed by atoms with Gasteiger partial charge in [0.1, 0.15) is 4.90 Å². The number of carbonyl (C=O) groups is 1. The van der Waals surface area contributed by atoms with Gasteiger partial charge in [0, 0.05) is 6.20 Å². The van der Waals surface area contributed by atoms with Crippen molar-refractivity contribution in [3.05, 3.63) is 83.0 Å². The van der Waals surface area contributed by atoms with Crippen molar-refractivity contribution in [2.75, 3.05) is 5.73 Å². The van der Waals surface area contributed by atoms with Gasteiger partial charge in [-0.15, -0.1) is 0 Å². The molecule has 0 fully saturated rings. The molecule has 28 heavy (non-hydrogen) atoms. The Morgan fingerprint density at radius 1 is 1.07 bits per heavy atom. The van der Waals surface area contributed by atoms with Crippen molar-refractivity contribution in [1.29, 1.82) is 0 Å². The lowest BCUT2D eigenvalue weighted by molar-refractivity contribution is 0.0697. The number of rotatable bonds is 6. The van der Waals surface area contributed by atoms with E-state index in [-0.39, 0.29) is 22.0 Å². The molecule has 0 unspecified atom stereocenters. The maximum Gasteiger partial charge on any atom is 0.339 e. The Labute approximate surface area is 162 Å². The molecule has 3 N–H and O–H groups in total. The molecule has 0 spiro atoms. The number of aryl methyl sites for hydroxylation is 1. The van der Waals surface area contributed by atoms with E-state index in [1.807, 2.05) is 6.92 Å². The number of carboxylic acid groups (broad SMARTS) is 1. The van der Waals surface area contributed by atoms with Gasteiger partial charge >= 0.3 is 16.1 Å². The normalized spacial score (nSPS) is 11.2. The number of nitrogens with two attached hydrogens (primary N) is 1. The van der Waals surface area contributed by atoms with E-state index in [1.54, 1.807) is 24.3 Å². The van der Waals surface area contributed by atoms with Gasteiger partial charge in [0.15, 0.2) is 11.6 Å². The first-order chi connectivity index (χ1) is 13.2. The Morgan fingerprint density at radius 2 is 1.71 bits per heavy atom. The molecule has 3 aromatic rings. The van der Waals surface area contributed by atoms with Crippen LogP contribution in [-0.2, 0) is 16.5 Å². The molecular formula is C20H18N2O5S. The summed E-state index contributed by atoms with van der Waals surface area (Å²) < 4.78 is 30.1. The lowest BCUT2D eigenvalue weighted by Gasteiger charge is -2.11. The summed E-state index contributed by atoms with van der Waals surface area (Å²) in [6.07, 6.45) is 1.93. The Morgan fingerprint density at radius 3 is 2.32 bits per heavy atom. The molecule has 0 atom stereocenters. The van der Waals surface area contributed by atoms with Gasteiger partial charge in [-0.3, -0.25) is 0 Å². The van der Waals surface area contributed by atoms with E-state index < -0.39 is 16.1 Å². The van der Waals surface area contributed by atoms with E-state index >= 15 is 0 Å². The minimum absolute atomic E-state index is 0.0205. The van der Waals surface area contributed by atoms with Crippen molar-refractivity contribution in [2.24, 2.45) is 0 Å². The Kier molecular flexibility index (Phi) is 5.32. The first kappa shape index (κ1) is 19.4. The van der Waals surface area contributed by atoms with Crippen LogP contribution >= 0.6 is 0 Å². The smallest absolute Gasteiger partial charge is 0.339 e. The van der Waals surface area contributed by atoms with Crippen LogP contribution in [-0.4, -0.2) is 24.5 Å². The zero-order valence-corrected chi connectivity index (χ0v) is 15.8. The van der Waals surface area contributed by atoms with Crippen LogP contribution in [0.25, 0.3) is 0 Å². The minimum atomic E-state index is -4.04. The second-order valence-electron chi connectivity index (χ2n) is 6.26. The highest BCUT2D eigenvalue weighted by atomic mass is 32.2. The molecule has 0 saturated carbocycles. The largest absolute Gasteiger partial charge is 0.478 e. The summed E-state index contributed by atoms with van der Waals surface area (Å²) in [4.78, 5) is 15.0. The molecule has 0 aliphatic heterocycles. The highest BCUT2D eigenvalue weighted by molar-refractivity contribution is 7.87. The van der Waals surface area contributed by atoms with Crippen molar-refractivity contribution < 1.29 is 22.5 Å². The van der Waals surface area contributed by atoms with Gasteiger partial charge in [-0.2, -0.15) is 8.42 Å². The molecule has 8 heteroatoms. The number of carboxylic acids is 1. The van der Waals surface area contributed by atoms with E-state index in [1.165, 1.54) is 36.5 Å². The quantitative estimate of drug-likeness (QED) is 0.612. The summed E-state index contributed by atoms with van der Waals surface area (Å²) >= 11 is 0. The number of benzene rings is 2. The van der Waals surface area contributed by atoms with Crippen molar-refractivity contribution in [1.82, 2.24) is 4.98 Å².